The molecule has 0 saturated heterocycles. The average Bonchev–Trinajstić information content (AvgIpc) is 2.87. The number of nitro groups is 1. The molecule has 0 fully saturated rings. The van der Waals surface area contributed by atoms with E-state index in [1.807, 2.05) is 0 Å². The third kappa shape index (κ3) is 2.19. The highest BCUT2D eigenvalue weighted by molar-refractivity contribution is 5.67. The van der Waals surface area contributed by atoms with Crippen molar-refractivity contribution >= 4 is 5.69 Å². The molecule has 0 aliphatic heterocycles. The number of hydrogen-bond donors (Lipinski definition) is 2. The van der Waals surface area contributed by atoms with E-state index in [1.54, 1.807) is 6.07 Å². The van der Waals surface area contributed by atoms with Gasteiger partial charge < -0.3 is 15.4 Å². The van der Waals surface area contributed by atoms with Gasteiger partial charge in [0.05, 0.1) is 4.92 Å². The molecule has 94 valence electrons. The van der Waals surface area contributed by atoms with Gasteiger partial charge in [-0.1, -0.05) is 17.3 Å². The number of aliphatic hydroxyl groups is 1. The summed E-state index contributed by atoms with van der Waals surface area (Å²) >= 11 is 0. The summed E-state index contributed by atoms with van der Waals surface area (Å²) in [6.45, 7) is -0.0709. The average molecular weight is 250 g/mol. The quantitative estimate of drug-likeness (QED) is 0.601. The summed E-state index contributed by atoms with van der Waals surface area (Å²) in [6, 6.07) is 6.00. The summed E-state index contributed by atoms with van der Waals surface area (Å²) in [5, 5.41) is 23.8. The molecule has 1 heterocycles. The van der Waals surface area contributed by atoms with Gasteiger partial charge in [-0.2, -0.15) is 4.98 Å². The number of benzene rings is 1. The second-order valence-electron chi connectivity index (χ2n) is 3.48. The summed E-state index contributed by atoms with van der Waals surface area (Å²) in [5.74, 6) is -0.0181. The van der Waals surface area contributed by atoms with Gasteiger partial charge in [0.1, 0.15) is 11.7 Å². The zero-order valence-electron chi connectivity index (χ0n) is 9.18. The van der Waals surface area contributed by atoms with Crippen molar-refractivity contribution in [2.75, 3.05) is 6.54 Å². The van der Waals surface area contributed by atoms with Crippen LogP contribution in [0.1, 0.15) is 12.0 Å². The number of nitrogens with zero attached hydrogens (tertiary/aromatic N) is 3. The molecule has 0 aliphatic rings. The summed E-state index contributed by atoms with van der Waals surface area (Å²) in [4.78, 5) is 14.2. The Morgan fingerprint density at radius 3 is 2.89 bits per heavy atom. The van der Waals surface area contributed by atoms with Gasteiger partial charge in [-0.05, 0) is 6.07 Å². The Morgan fingerprint density at radius 1 is 1.50 bits per heavy atom. The van der Waals surface area contributed by atoms with E-state index < -0.39 is 11.0 Å². The second kappa shape index (κ2) is 4.90. The van der Waals surface area contributed by atoms with Crippen molar-refractivity contribution < 1.29 is 14.6 Å². The minimum Gasteiger partial charge on any atom is -0.382 e. The molecular weight excluding hydrogens is 240 g/mol. The number of aliphatic hydroxyl groups excluding tert-OH is 1. The zero-order chi connectivity index (χ0) is 13.1. The van der Waals surface area contributed by atoms with Gasteiger partial charge in [0.15, 0.2) is 0 Å². The first-order chi connectivity index (χ1) is 8.63. The predicted molar refractivity (Wildman–Crippen MR) is 60.4 cm³/mol. The van der Waals surface area contributed by atoms with Crippen LogP contribution >= 0.6 is 0 Å². The molecule has 0 amide bonds. The monoisotopic (exact) mass is 250 g/mol. The smallest absolute Gasteiger partial charge is 0.280 e. The first kappa shape index (κ1) is 12.1. The van der Waals surface area contributed by atoms with Crippen LogP contribution in [-0.2, 0) is 0 Å². The molecule has 0 aliphatic carbocycles. The Balaban J connectivity index is 2.43. The van der Waals surface area contributed by atoms with Gasteiger partial charge in [-0.15, -0.1) is 0 Å². The number of para-hydroxylation sites is 1. The van der Waals surface area contributed by atoms with E-state index in [0.717, 1.165) is 0 Å². The van der Waals surface area contributed by atoms with Crippen molar-refractivity contribution in [3.8, 4) is 11.4 Å². The van der Waals surface area contributed by atoms with E-state index in [-0.39, 0.29) is 29.5 Å². The summed E-state index contributed by atoms with van der Waals surface area (Å²) in [6.07, 6.45) is -1.07. The summed E-state index contributed by atoms with van der Waals surface area (Å²) < 4.78 is 4.79. The highest BCUT2D eigenvalue weighted by Crippen LogP contribution is 2.27. The maximum Gasteiger partial charge on any atom is 0.280 e. The number of hydrogen-bond acceptors (Lipinski definition) is 7. The molecule has 1 aromatic heterocycles. The minimum atomic E-state index is -1.07. The lowest BCUT2D eigenvalue weighted by atomic mass is 10.2. The molecule has 1 aromatic carbocycles. The molecule has 8 nitrogen and oxygen atoms in total. The molecular formula is C10H10N4O4. The lowest BCUT2D eigenvalue weighted by Gasteiger charge is -1.98. The first-order valence-corrected chi connectivity index (χ1v) is 5.09. The van der Waals surface area contributed by atoms with Crippen LogP contribution in [0.4, 0.5) is 5.69 Å². The maximum absolute atomic E-state index is 10.8. The number of aromatic nitrogens is 2. The third-order valence-corrected chi connectivity index (χ3v) is 2.29. The van der Waals surface area contributed by atoms with Gasteiger partial charge in [-0.3, -0.25) is 10.1 Å². The van der Waals surface area contributed by atoms with Crippen molar-refractivity contribution in [2.45, 2.75) is 6.10 Å². The van der Waals surface area contributed by atoms with Crippen LogP contribution in [-0.4, -0.2) is 26.7 Å². The molecule has 1 unspecified atom stereocenters. The van der Waals surface area contributed by atoms with Crippen LogP contribution in [0.25, 0.3) is 11.4 Å². The van der Waals surface area contributed by atoms with Crippen molar-refractivity contribution in [2.24, 2.45) is 5.73 Å². The van der Waals surface area contributed by atoms with E-state index in [1.165, 1.54) is 18.2 Å². The first-order valence-electron chi connectivity index (χ1n) is 5.09. The second-order valence-corrected chi connectivity index (χ2v) is 3.48. The molecule has 2 aromatic rings. The van der Waals surface area contributed by atoms with Crippen molar-refractivity contribution in [3.63, 3.8) is 0 Å². The van der Waals surface area contributed by atoms with E-state index >= 15 is 0 Å². The standard InChI is InChI=1S/C10H10N4O4/c11-5-8(15)10-12-9(13-18-10)6-3-1-2-4-7(6)14(16)17/h1-4,8,15H,5,11H2. The van der Waals surface area contributed by atoms with Crippen LogP contribution in [0.3, 0.4) is 0 Å². The van der Waals surface area contributed by atoms with E-state index in [2.05, 4.69) is 10.1 Å². The molecule has 2 rings (SSSR count). The molecule has 8 heteroatoms. The maximum atomic E-state index is 10.8. The van der Waals surface area contributed by atoms with Crippen LogP contribution < -0.4 is 5.73 Å². The fourth-order valence-electron chi connectivity index (χ4n) is 1.40. The summed E-state index contributed by atoms with van der Waals surface area (Å²) in [5.41, 5.74) is 5.34. The minimum absolute atomic E-state index is 0.0461. The molecule has 0 radical (unpaired) electrons. The van der Waals surface area contributed by atoms with E-state index in [0.29, 0.717) is 0 Å². The lowest BCUT2D eigenvalue weighted by molar-refractivity contribution is -0.384. The highest BCUT2D eigenvalue weighted by Gasteiger charge is 2.21. The Morgan fingerprint density at radius 2 is 2.22 bits per heavy atom. The van der Waals surface area contributed by atoms with Crippen LogP contribution in [0, 0.1) is 10.1 Å². The number of rotatable bonds is 4. The van der Waals surface area contributed by atoms with Crippen LogP contribution in [0.2, 0.25) is 0 Å². The van der Waals surface area contributed by atoms with Gasteiger partial charge in [0, 0.05) is 12.6 Å². The molecule has 0 spiro atoms. The Kier molecular flexibility index (Phi) is 3.31. The van der Waals surface area contributed by atoms with Crippen molar-refractivity contribution in [3.05, 3.63) is 40.3 Å². The molecule has 0 bridgehead atoms. The van der Waals surface area contributed by atoms with Crippen LogP contribution in [0.5, 0.6) is 0 Å². The lowest BCUT2D eigenvalue weighted by Crippen LogP contribution is -2.11. The fourth-order valence-corrected chi connectivity index (χ4v) is 1.40. The van der Waals surface area contributed by atoms with E-state index in [9.17, 15) is 15.2 Å². The van der Waals surface area contributed by atoms with Gasteiger partial charge in [-0.25, -0.2) is 0 Å². The SMILES string of the molecule is NCC(O)c1nc(-c2ccccc2[N+](=O)[O-])no1. The normalized spacial score (nSPS) is 12.3. The van der Waals surface area contributed by atoms with Crippen molar-refractivity contribution in [1.29, 1.82) is 0 Å². The van der Waals surface area contributed by atoms with Gasteiger partial charge >= 0.3 is 0 Å². The molecule has 1 atom stereocenters. The molecule has 18 heavy (non-hydrogen) atoms. The van der Waals surface area contributed by atoms with Crippen molar-refractivity contribution in [1.82, 2.24) is 10.1 Å². The molecule has 0 saturated carbocycles. The Labute approximate surface area is 101 Å². The van der Waals surface area contributed by atoms with Crippen LogP contribution in [0.15, 0.2) is 28.8 Å². The Hall–Kier alpha value is -2.32. The van der Waals surface area contributed by atoms with Gasteiger partial charge in [0.2, 0.25) is 5.82 Å². The molecule has 3 N–H and O–H groups in total. The topological polar surface area (TPSA) is 128 Å². The highest BCUT2D eigenvalue weighted by atomic mass is 16.6. The predicted octanol–water partition coefficient (Wildman–Crippen LogP) is 0.637. The van der Waals surface area contributed by atoms with Gasteiger partial charge in [0.25, 0.3) is 11.6 Å². The number of nitrogens with two attached hydrogens (primary N) is 1. The van der Waals surface area contributed by atoms with E-state index in [4.69, 9.17) is 10.3 Å². The zero-order valence-corrected chi connectivity index (χ0v) is 9.18. The third-order valence-electron chi connectivity index (χ3n) is 2.29. The summed E-state index contributed by atoms with van der Waals surface area (Å²) in [7, 11) is 0. The largest absolute Gasteiger partial charge is 0.382 e. The fraction of sp³-hybridized carbons (Fsp3) is 0.200. The number of nitro benzene ring substituents is 1. The Bertz CT molecular complexity index is 569.